The summed E-state index contributed by atoms with van der Waals surface area (Å²) in [6, 6.07) is 0. The largest absolute Gasteiger partial charge is 0.507 e. The predicted molar refractivity (Wildman–Crippen MR) is 34.1 cm³/mol. The van der Waals surface area contributed by atoms with Gasteiger partial charge in [0, 0.05) is 5.57 Å². The fraction of sp³-hybridized carbons (Fsp3) is 0.286. The number of hydrogen-bond acceptors (Lipinski definition) is 2. The molecule has 9 heavy (non-hydrogen) atoms. The number of ketones is 1. The Labute approximate surface area is 53.5 Å². The summed E-state index contributed by atoms with van der Waals surface area (Å²) in [5, 5.41) is 8.94. The van der Waals surface area contributed by atoms with Crippen molar-refractivity contribution in [1.29, 1.82) is 0 Å². The molecule has 1 N–H and O–H groups in total. The zero-order chi connectivity index (χ0) is 7.02. The molecule has 0 unspecified atom stereocenters. The fourth-order valence-electron chi connectivity index (χ4n) is 0.824. The molecule has 0 spiro atoms. The van der Waals surface area contributed by atoms with Crippen LogP contribution in [0.2, 0.25) is 0 Å². The molecule has 48 valence electrons. The van der Waals surface area contributed by atoms with Crippen LogP contribution in [0.4, 0.5) is 0 Å². The number of allylic oxidation sites excluding steroid dienone is 3. The second-order valence-corrected chi connectivity index (χ2v) is 2.01. The third-order valence-electron chi connectivity index (χ3n) is 1.48. The van der Waals surface area contributed by atoms with Gasteiger partial charge in [-0.2, -0.15) is 0 Å². The van der Waals surface area contributed by atoms with Gasteiger partial charge in [-0.05, 0) is 13.8 Å². The Bertz CT molecular complexity index is 221. The Balaban J connectivity index is 3.06. The third kappa shape index (κ3) is 0.593. The number of Topliss-reactive ketones (excluding diaryl/α,β-unsaturated/α-hetero) is 1. The summed E-state index contributed by atoms with van der Waals surface area (Å²) < 4.78 is 0. The molecular weight excluding hydrogens is 116 g/mol. The summed E-state index contributed by atoms with van der Waals surface area (Å²) in [6.45, 7) is 3.35. The van der Waals surface area contributed by atoms with Crippen molar-refractivity contribution in [1.82, 2.24) is 0 Å². The minimum absolute atomic E-state index is 0.0324. The van der Waals surface area contributed by atoms with E-state index in [-0.39, 0.29) is 11.5 Å². The van der Waals surface area contributed by atoms with Crippen LogP contribution in [-0.2, 0) is 4.79 Å². The van der Waals surface area contributed by atoms with Gasteiger partial charge in [-0.1, -0.05) is 6.08 Å². The summed E-state index contributed by atoms with van der Waals surface area (Å²) in [5.41, 5.74) is 0.926. The van der Waals surface area contributed by atoms with Crippen LogP contribution in [0.1, 0.15) is 13.8 Å². The van der Waals surface area contributed by atoms with Gasteiger partial charge in [0.2, 0.25) is 0 Å². The second kappa shape index (κ2) is 1.72. The van der Waals surface area contributed by atoms with E-state index in [1.807, 2.05) is 0 Å². The molecule has 0 amide bonds. The van der Waals surface area contributed by atoms with E-state index in [0.717, 1.165) is 0 Å². The first-order valence-electron chi connectivity index (χ1n) is 2.79. The van der Waals surface area contributed by atoms with E-state index in [1.165, 1.54) is 0 Å². The molecule has 0 aromatic carbocycles. The van der Waals surface area contributed by atoms with Gasteiger partial charge < -0.3 is 5.11 Å². The maximum Gasteiger partial charge on any atom is 0.195 e. The van der Waals surface area contributed by atoms with Crippen molar-refractivity contribution < 1.29 is 9.90 Å². The Morgan fingerprint density at radius 2 is 2.11 bits per heavy atom. The number of aliphatic hydroxyl groups excluding tert-OH is 1. The molecule has 0 aliphatic heterocycles. The summed E-state index contributed by atoms with van der Waals surface area (Å²) in [5.74, 6) is 0.123. The van der Waals surface area contributed by atoms with Gasteiger partial charge in [-0.3, -0.25) is 4.79 Å². The van der Waals surface area contributed by atoms with Crippen LogP contribution in [0, 0.1) is 0 Å². The van der Waals surface area contributed by atoms with Gasteiger partial charge >= 0.3 is 0 Å². The van der Waals surface area contributed by atoms with E-state index in [0.29, 0.717) is 11.1 Å². The van der Waals surface area contributed by atoms with Crippen LogP contribution in [0.5, 0.6) is 0 Å². The molecule has 0 saturated carbocycles. The summed E-state index contributed by atoms with van der Waals surface area (Å²) in [7, 11) is 0. The Hall–Kier alpha value is -1.05. The van der Waals surface area contributed by atoms with Crippen LogP contribution in [0.25, 0.3) is 0 Å². The van der Waals surface area contributed by atoms with Crippen molar-refractivity contribution in [2.45, 2.75) is 13.8 Å². The molecule has 2 nitrogen and oxygen atoms in total. The normalized spacial score (nSPS) is 22.9. The van der Waals surface area contributed by atoms with Gasteiger partial charge in [0.25, 0.3) is 0 Å². The van der Waals surface area contributed by atoms with Gasteiger partial charge in [0.05, 0.1) is 5.57 Å². The van der Waals surface area contributed by atoms with Crippen molar-refractivity contribution in [3.05, 3.63) is 23.0 Å². The zero-order valence-electron chi connectivity index (χ0n) is 5.43. The second-order valence-electron chi connectivity index (χ2n) is 2.01. The molecule has 1 aliphatic rings. The van der Waals surface area contributed by atoms with Crippen molar-refractivity contribution in [2.24, 2.45) is 0 Å². The van der Waals surface area contributed by atoms with E-state index in [1.54, 1.807) is 19.9 Å². The molecule has 0 heterocycles. The Morgan fingerprint density at radius 3 is 2.33 bits per heavy atom. The smallest absolute Gasteiger partial charge is 0.195 e. The predicted octanol–water partition coefficient (Wildman–Crippen LogP) is 1.35. The molecule has 0 saturated heterocycles. The van der Waals surface area contributed by atoms with E-state index in [4.69, 9.17) is 5.11 Å². The molecular formula is C7H8O2. The molecule has 2 heteroatoms. The first-order valence-corrected chi connectivity index (χ1v) is 2.79. The lowest BCUT2D eigenvalue weighted by Gasteiger charge is -2.16. The minimum Gasteiger partial charge on any atom is -0.507 e. The maximum atomic E-state index is 10.7. The number of carbonyl (C=O) groups is 1. The summed E-state index contributed by atoms with van der Waals surface area (Å²) in [4.78, 5) is 10.7. The number of rotatable bonds is 0. The van der Waals surface area contributed by atoms with Crippen molar-refractivity contribution in [3.63, 3.8) is 0 Å². The summed E-state index contributed by atoms with van der Waals surface area (Å²) in [6.07, 6.45) is 1.62. The average molecular weight is 124 g/mol. The van der Waals surface area contributed by atoms with Crippen LogP contribution < -0.4 is 0 Å². The zero-order valence-corrected chi connectivity index (χ0v) is 5.43. The third-order valence-corrected chi connectivity index (χ3v) is 1.48. The minimum atomic E-state index is -0.0324. The average Bonchev–Trinajstić information content (AvgIpc) is 1.89. The quantitative estimate of drug-likeness (QED) is 0.495. The molecule has 0 atom stereocenters. The highest BCUT2D eigenvalue weighted by atomic mass is 16.3. The van der Waals surface area contributed by atoms with Crippen molar-refractivity contribution >= 4 is 5.78 Å². The van der Waals surface area contributed by atoms with Gasteiger partial charge in [0.15, 0.2) is 5.78 Å². The van der Waals surface area contributed by atoms with Crippen LogP contribution >= 0.6 is 0 Å². The monoisotopic (exact) mass is 124 g/mol. The van der Waals surface area contributed by atoms with E-state index >= 15 is 0 Å². The lowest BCUT2D eigenvalue weighted by molar-refractivity contribution is -0.113. The topological polar surface area (TPSA) is 37.3 Å². The Kier molecular flexibility index (Phi) is 1.16. The highest BCUT2D eigenvalue weighted by molar-refractivity contribution is 6.18. The molecule has 1 rings (SSSR count). The number of carbonyl (C=O) groups excluding carboxylic acids is 1. The van der Waals surface area contributed by atoms with Crippen molar-refractivity contribution in [2.75, 3.05) is 0 Å². The van der Waals surface area contributed by atoms with Gasteiger partial charge in [-0.15, -0.1) is 0 Å². The lowest BCUT2D eigenvalue weighted by atomic mass is 9.89. The standard InChI is InChI=1S/C7H8O2/c1-3-5-6(8)4(2)7(5)9/h3,8H,1-2H3/b5-3-. The van der Waals surface area contributed by atoms with Crippen LogP contribution in [0.15, 0.2) is 23.0 Å². The summed E-state index contributed by atoms with van der Waals surface area (Å²) >= 11 is 0. The molecule has 0 radical (unpaired) electrons. The molecule has 0 fully saturated rings. The maximum absolute atomic E-state index is 10.7. The van der Waals surface area contributed by atoms with E-state index in [9.17, 15) is 4.79 Å². The van der Waals surface area contributed by atoms with E-state index < -0.39 is 0 Å². The molecule has 1 aliphatic carbocycles. The number of aliphatic hydroxyl groups is 1. The molecule has 0 bridgehead atoms. The molecule has 0 aromatic rings. The van der Waals surface area contributed by atoms with Gasteiger partial charge in [0.1, 0.15) is 5.76 Å². The highest BCUT2D eigenvalue weighted by Gasteiger charge is 2.28. The highest BCUT2D eigenvalue weighted by Crippen LogP contribution is 2.26. The SMILES string of the molecule is C/C=C1\C(=O)C(C)=C1O. The van der Waals surface area contributed by atoms with Crippen LogP contribution in [-0.4, -0.2) is 10.9 Å². The van der Waals surface area contributed by atoms with Crippen LogP contribution in [0.3, 0.4) is 0 Å². The lowest BCUT2D eigenvalue weighted by Crippen LogP contribution is -2.19. The fourth-order valence-corrected chi connectivity index (χ4v) is 0.824. The first kappa shape index (κ1) is 6.08. The van der Waals surface area contributed by atoms with E-state index in [2.05, 4.69) is 0 Å². The Morgan fingerprint density at radius 1 is 1.56 bits per heavy atom. The molecule has 0 aromatic heterocycles. The van der Waals surface area contributed by atoms with Crippen molar-refractivity contribution in [3.8, 4) is 0 Å². The van der Waals surface area contributed by atoms with Gasteiger partial charge in [-0.25, -0.2) is 0 Å². The first-order chi connectivity index (χ1) is 4.18. The number of hydrogen-bond donors (Lipinski definition) is 1.